The number of hydrogen-bond donors (Lipinski definition) is 0. The SMILES string of the molecule is Cc1cccc(N=C2S/C(=C/c3ccc(OCCN(C)c4ccccn4)cc3)C(=O)N2c2cccc(C(F)(F)F)c2)c1. The first kappa shape index (κ1) is 28.9. The highest BCUT2D eigenvalue weighted by Gasteiger charge is 2.37. The zero-order valence-electron chi connectivity index (χ0n) is 22.9. The van der Waals surface area contributed by atoms with Crippen molar-refractivity contribution in [3.8, 4) is 5.75 Å². The first-order valence-corrected chi connectivity index (χ1v) is 13.9. The zero-order valence-corrected chi connectivity index (χ0v) is 23.7. The van der Waals surface area contributed by atoms with Crippen molar-refractivity contribution in [2.24, 2.45) is 4.99 Å². The van der Waals surface area contributed by atoms with Crippen molar-refractivity contribution in [3.63, 3.8) is 0 Å². The minimum Gasteiger partial charge on any atom is -0.492 e. The summed E-state index contributed by atoms with van der Waals surface area (Å²) < 4.78 is 46.3. The van der Waals surface area contributed by atoms with Crippen LogP contribution < -0.4 is 14.5 Å². The van der Waals surface area contributed by atoms with E-state index in [1.807, 2.05) is 79.5 Å². The number of aliphatic imine (C=N–C) groups is 1. The fourth-order valence-corrected chi connectivity index (χ4v) is 5.21. The summed E-state index contributed by atoms with van der Waals surface area (Å²) in [6.07, 6.45) is -1.11. The van der Waals surface area contributed by atoms with Crippen LogP contribution in [0, 0.1) is 6.92 Å². The van der Waals surface area contributed by atoms with Crippen LogP contribution in [0.5, 0.6) is 5.75 Å². The van der Waals surface area contributed by atoms with E-state index in [0.717, 1.165) is 40.8 Å². The molecule has 42 heavy (non-hydrogen) atoms. The van der Waals surface area contributed by atoms with Gasteiger partial charge in [-0.15, -0.1) is 0 Å². The summed E-state index contributed by atoms with van der Waals surface area (Å²) in [5.74, 6) is 1.07. The van der Waals surface area contributed by atoms with Crippen molar-refractivity contribution in [1.82, 2.24) is 4.98 Å². The molecule has 1 aliphatic rings. The van der Waals surface area contributed by atoms with Crippen LogP contribution in [0.3, 0.4) is 0 Å². The summed E-state index contributed by atoms with van der Waals surface area (Å²) in [6, 6.07) is 25.1. The number of thioether (sulfide) groups is 1. The molecule has 6 nitrogen and oxygen atoms in total. The highest BCUT2D eigenvalue weighted by atomic mass is 32.2. The van der Waals surface area contributed by atoms with Crippen molar-refractivity contribution < 1.29 is 22.7 Å². The van der Waals surface area contributed by atoms with E-state index in [1.165, 1.54) is 17.0 Å². The Hall–Kier alpha value is -4.57. The summed E-state index contributed by atoms with van der Waals surface area (Å²) in [6.45, 7) is 3.01. The Bertz CT molecular complexity index is 1620. The van der Waals surface area contributed by atoms with Crippen LogP contribution >= 0.6 is 11.8 Å². The van der Waals surface area contributed by atoms with Gasteiger partial charge in [0.15, 0.2) is 5.17 Å². The van der Waals surface area contributed by atoms with Gasteiger partial charge in [-0.05, 0) is 90.5 Å². The van der Waals surface area contributed by atoms with Gasteiger partial charge in [-0.25, -0.2) is 9.98 Å². The number of carbonyl (C=O) groups is 1. The number of aromatic nitrogens is 1. The molecule has 0 N–H and O–H groups in total. The Morgan fingerprint density at radius 1 is 1.00 bits per heavy atom. The van der Waals surface area contributed by atoms with E-state index >= 15 is 0 Å². The predicted octanol–water partition coefficient (Wildman–Crippen LogP) is 7.73. The number of alkyl halides is 3. The van der Waals surface area contributed by atoms with Gasteiger partial charge in [0, 0.05) is 13.2 Å². The number of rotatable bonds is 8. The molecule has 4 aromatic rings. The van der Waals surface area contributed by atoms with E-state index in [-0.39, 0.29) is 10.9 Å². The average Bonchev–Trinajstić information content (AvgIpc) is 3.27. The number of ether oxygens (including phenoxy) is 1. The number of aryl methyl sites for hydroxylation is 1. The van der Waals surface area contributed by atoms with Gasteiger partial charge in [0.05, 0.1) is 28.4 Å². The molecule has 3 aromatic carbocycles. The first-order chi connectivity index (χ1) is 20.2. The van der Waals surface area contributed by atoms with Gasteiger partial charge >= 0.3 is 6.18 Å². The molecule has 0 bridgehead atoms. The molecule has 10 heteroatoms. The molecular weight excluding hydrogens is 561 g/mol. The van der Waals surface area contributed by atoms with Crippen LogP contribution in [0.4, 0.5) is 30.4 Å². The Labute approximate surface area is 246 Å². The smallest absolute Gasteiger partial charge is 0.416 e. The summed E-state index contributed by atoms with van der Waals surface area (Å²) in [4.78, 5) is 26.1. The lowest BCUT2D eigenvalue weighted by molar-refractivity contribution is -0.137. The Balaban J connectivity index is 1.35. The second kappa shape index (κ2) is 12.5. The summed E-state index contributed by atoms with van der Waals surface area (Å²) in [7, 11) is 1.94. The molecule has 0 saturated carbocycles. The van der Waals surface area contributed by atoms with Gasteiger partial charge in [0.2, 0.25) is 0 Å². The van der Waals surface area contributed by atoms with Gasteiger partial charge in [-0.2, -0.15) is 13.2 Å². The van der Waals surface area contributed by atoms with Crippen LogP contribution in [0.15, 0.2) is 107 Å². The second-order valence-electron chi connectivity index (χ2n) is 9.56. The van der Waals surface area contributed by atoms with Gasteiger partial charge in [0.1, 0.15) is 18.2 Å². The third-order valence-electron chi connectivity index (χ3n) is 6.38. The molecule has 0 unspecified atom stereocenters. The van der Waals surface area contributed by atoms with Crippen molar-refractivity contribution >= 4 is 46.1 Å². The third kappa shape index (κ3) is 7.01. The van der Waals surface area contributed by atoms with Crippen LogP contribution in [-0.2, 0) is 11.0 Å². The fraction of sp³-hybridized carbons (Fsp3) is 0.156. The van der Waals surface area contributed by atoms with Crippen molar-refractivity contribution in [3.05, 3.63) is 119 Å². The van der Waals surface area contributed by atoms with Crippen LogP contribution in [0.25, 0.3) is 6.08 Å². The molecule has 1 saturated heterocycles. The number of amidine groups is 1. The van der Waals surface area contributed by atoms with Gasteiger partial charge in [0.25, 0.3) is 5.91 Å². The molecule has 1 aliphatic heterocycles. The summed E-state index contributed by atoms with van der Waals surface area (Å²) in [5, 5.41) is 0.271. The average molecular weight is 589 g/mol. The molecule has 0 aliphatic carbocycles. The molecular formula is C32H27F3N4O2S. The number of pyridine rings is 1. The molecule has 0 atom stereocenters. The van der Waals surface area contributed by atoms with E-state index in [4.69, 9.17) is 4.74 Å². The van der Waals surface area contributed by atoms with E-state index in [1.54, 1.807) is 18.3 Å². The maximum absolute atomic E-state index is 13.6. The number of likely N-dealkylation sites (N-methyl/N-ethyl adjacent to an activating group) is 1. The predicted molar refractivity (Wildman–Crippen MR) is 162 cm³/mol. The highest BCUT2D eigenvalue weighted by Crippen LogP contribution is 2.39. The van der Waals surface area contributed by atoms with Crippen LogP contribution in [0.2, 0.25) is 0 Å². The van der Waals surface area contributed by atoms with E-state index in [0.29, 0.717) is 29.5 Å². The number of hydrogen-bond acceptors (Lipinski definition) is 6. The molecule has 214 valence electrons. The first-order valence-electron chi connectivity index (χ1n) is 13.1. The number of benzene rings is 3. The Morgan fingerprint density at radius 3 is 2.50 bits per heavy atom. The van der Waals surface area contributed by atoms with Crippen LogP contribution in [0.1, 0.15) is 16.7 Å². The number of amides is 1. The molecule has 0 radical (unpaired) electrons. The number of nitrogens with zero attached hydrogens (tertiary/aromatic N) is 4. The lowest BCUT2D eigenvalue weighted by atomic mass is 10.1. The quantitative estimate of drug-likeness (QED) is 0.197. The maximum atomic E-state index is 13.6. The summed E-state index contributed by atoms with van der Waals surface area (Å²) >= 11 is 1.11. The molecule has 0 spiro atoms. The lowest BCUT2D eigenvalue weighted by Crippen LogP contribution is -2.29. The van der Waals surface area contributed by atoms with E-state index < -0.39 is 17.6 Å². The Kier molecular flexibility index (Phi) is 8.63. The molecule has 1 amide bonds. The van der Waals surface area contributed by atoms with Gasteiger partial charge < -0.3 is 9.64 Å². The molecule has 1 fully saturated rings. The van der Waals surface area contributed by atoms with Crippen molar-refractivity contribution in [2.75, 3.05) is 30.0 Å². The van der Waals surface area contributed by atoms with Crippen molar-refractivity contribution in [2.45, 2.75) is 13.1 Å². The minimum atomic E-state index is -4.55. The van der Waals surface area contributed by atoms with Gasteiger partial charge in [-0.1, -0.05) is 36.4 Å². The topological polar surface area (TPSA) is 58.0 Å². The monoisotopic (exact) mass is 588 g/mol. The summed E-state index contributed by atoms with van der Waals surface area (Å²) in [5.41, 5.74) is 1.56. The fourth-order valence-electron chi connectivity index (χ4n) is 4.21. The maximum Gasteiger partial charge on any atom is 0.416 e. The lowest BCUT2D eigenvalue weighted by Gasteiger charge is -2.18. The van der Waals surface area contributed by atoms with Crippen LogP contribution in [-0.4, -0.2) is 36.3 Å². The van der Waals surface area contributed by atoms with E-state index in [2.05, 4.69) is 9.98 Å². The molecule has 5 rings (SSSR count). The zero-order chi connectivity index (χ0) is 29.7. The van der Waals surface area contributed by atoms with E-state index in [9.17, 15) is 18.0 Å². The largest absolute Gasteiger partial charge is 0.492 e. The standard InChI is InChI=1S/C32H27F3N4O2S/c1-22-7-5-9-25(19-22)37-31-39(26-10-6-8-24(21-26)32(33,34)35)30(40)28(42-31)20-23-12-14-27(15-13-23)41-18-17-38(2)29-11-3-4-16-36-29/h3-16,19-21H,17-18H2,1-2H3/b28-20+,37-31?. The third-order valence-corrected chi connectivity index (χ3v) is 7.35. The molecule has 2 heterocycles. The number of anilines is 2. The second-order valence-corrected chi connectivity index (χ2v) is 10.6. The minimum absolute atomic E-state index is 0.0940. The van der Waals surface area contributed by atoms with Gasteiger partial charge in [-0.3, -0.25) is 9.69 Å². The Morgan fingerprint density at radius 2 is 1.79 bits per heavy atom. The highest BCUT2D eigenvalue weighted by molar-refractivity contribution is 8.19. The number of carbonyl (C=O) groups excluding carboxylic acids is 1. The molecule has 1 aromatic heterocycles. The number of halogens is 3. The van der Waals surface area contributed by atoms with Crippen molar-refractivity contribution in [1.29, 1.82) is 0 Å². The normalized spacial score (nSPS) is 15.5.